The first-order valence-corrected chi connectivity index (χ1v) is 8.75. The monoisotopic (exact) mass is 390 g/mol. The molecule has 27 heavy (non-hydrogen) atoms. The molecule has 1 aliphatic rings. The van der Waals surface area contributed by atoms with Crippen molar-refractivity contribution < 1.29 is 23.0 Å². The molecule has 10 heteroatoms. The van der Waals surface area contributed by atoms with Crippen LogP contribution in [0.2, 0.25) is 0 Å². The normalized spacial score (nSPS) is 13.9. The number of benzene rings is 1. The number of thiazole rings is 1. The SMILES string of the molecule is O=C(Nc1cncnc1OC1COC1)c1csc(-c2c(F)cccc2F)n1. The highest BCUT2D eigenvalue weighted by molar-refractivity contribution is 7.13. The Morgan fingerprint density at radius 1 is 1.30 bits per heavy atom. The quantitative estimate of drug-likeness (QED) is 0.721. The van der Waals surface area contributed by atoms with Crippen LogP contribution in [0.15, 0.2) is 36.1 Å². The van der Waals surface area contributed by atoms with E-state index in [1.165, 1.54) is 24.0 Å². The van der Waals surface area contributed by atoms with Crippen LogP contribution in [0, 0.1) is 11.6 Å². The molecule has 1 N–H and O–H groups in total. The van der Waals surface area contributed by atoms with Gasteiger partial charge in [0.05, 0.1) is 25.0 Å². The lowest BCUT2D eigenvalue weighted by Gasteiger charge is -2.26. The highest BCUT2D eigenvalue weighted by atomic mass is 32.1. The van der Waals surface area contributed by atoms with Gasteiger partial charge in [0.25, 0.3) is 5.91 Å². The molecule has 3 aromatic rings. The average Bonchev–Trinajstić information content (AvgIpc) is 3.09. The van der Waals surface area contributed by atoms with Crippen molar-refractivity contribution in [2.24, 2.45) is 0 Å². The van der Waals surface area contributed by atoms with E-state index in [2.05, 4.69) is 20.3 Å². The first kappa shape index (κ1) is 17.4. The number of aromatic nitrogens is 3. The standard InChI is InChI=1S/C17H12F2N4O3S/c18-10-2-1-3-11(19)14(10)17-23-13(7-27-17)15(24)22-12-4-20-8-21-16(12)26-9-5-25-6-9/h1-4,7-9H,5-6H2,(H,22,24). The second kappa shape index (κ2) is 7.33. The molecule has 3 heterocycles. The minimum absolute atomic E-state index is 0.0134. The maximum Gasteiger partial charge on any atom is 0.275 e. The van der Waals surface area contributed by atoms with E-state index in [-0.39, 0.29) is 33.9 Å². The van der Waals surface area contributed by atoms with Crippen LogP contribution in [0.1, 0.15) is 10.5 Å². The Balaban J connectivity index is 1.54. The van der Waals surface area contributed by atoms with Crippen molar-refractivity contribution in [3.05, 3.63) is 53.4 Å². The number of anilines is 1. The molecule has 1 saturated heterocycles. The Morgan fingerprint density at radius 2 is 2.07 bits per heavy atom. The fraction of sp³-hybridized carbons (Fsp3) is 0.176. The molecule has 138 valence electrons. The summed E-state index contributed by atoms with van der Waals surface area (Å²) in [5, 5.41) is 4.09. The molecule has 1 aliphatic heterocycles. The van der Waals surface area contributed by atoms with Crippen molar-refractivity contribution in [3.63, 3.8) is 0 Å². The molecule has 2 aromatic heterocycles. The highest BCUT2D eigenvalue weighted by Crippen LogP contribution is 2.29. The van der Waals surface area contributed by atoms with Gasteiger partial charge in [-0.1, -0.05) is 6.07 Å². The maximum atomic E-state index is 13.9. The molecule has 0 atom stereocenters. The zero-order valence-electron chi connectivity index (χ0n) is 13.7. The summed E-state index contributed by atoms with van der Waals surface area (Å²) < 4.78 is 38.4. The Labute approximate surface area is 156 Å². The lowest BCUT2D eigenvalue weighted by molar-refractivity contribution is -0.0810. The third kappa shape index (κ3) is 3.62. The Morgan fingerprint density at radius 3 is 2.78 bits per heavy atom. The van der Waals surface area contributed by atoms with Crippen LogP contribution in [0.3, 0.4) is 0 Å². The molecule has 0 radical (unpaired) electrons. The largest absolute Gasteiger partial charge is 0.468 e. The molecule has 0 spiro atoms. The Kier molecular flexibility index (Phi) is 4.73. The number of halogens is 2. The zero-order chi connectivity index (χ0) is 18.8. The van der Waals surface area contributed by atoms with E-state index in [0.29, 0.717) is 13.2 Å². The van der Waals surface area contributed by atoms with Crippen molar-refractivity contribution >= 4 is 22.9 Å². The van der Waals surface area contributed by atoms with Gasteiger partial charge in [-0.3, -0.25) is 4.79 Å². The van der Waals surface area contributed by atoms with Gasteiger partial charge in [0.1, 0.15) is 40.5 Å². The number of carbonyl (C=O) groups is 1. The van der Waals surface area contributed by atoms with Crippen molar-refractivity contribution in [3.8, 4) is 16.5 Å². The number of rotatable bonds is 5. The molecule has 0 bridgehead atoms. The Hall–Kier alpha value is -2.98. The second-order valence-electron chi connectivity index (χ2n) is 5.61. The minimum atomic E-state index is -0.744. The summed E-state index contributed by atoms with van der Waals surface area (Å²) in [4.78, 5) is 24.4. The molecule has 1 amide bonds. The van der Waals surface area contributed by atoms with Gasteiger partial charge >= 0.3 is 0 Å². The Bertz CT molecular complexity index is 974. The van der Waals surface area contributed by atoms with Gasteiger partial charge in [0.2, 0.25) is 5.88 Å². The summed E-state index contributed by atoms with van der Waals surface area (Å²) in [5.74, 6) is -1.85. The van der Waals surface area contributed by atoms with Gasteiger partial charge in [-0.2, -0.15) is 4.98 Å². The van der Waals surface area contributed by atoms with Crippen molar-refractivity contribution in [2.75, 3.05) is 18.5 Å². The highest BCUT2D eigenvalue weighted by Gasteiger charge is 2.23. The fourth-order valence-electron chi connectivity index (χ4n) is 2.32. The molecule has 4 rings (SSSR count). The molecule has 1 aromatic carbocycles. The first-order valence-electron chi connectivity index (χ1n) is 7.87. The first-order chi connectivity index (χ1) is 13.1. The number of nitrogens with zero attached hydrogens (tertiary/aromatic N) is 3. The molecular weight excluding hydrogens is 378 g/mol. The summed E-state index contributed by atoms with van der Waals surface area (Å²) in [7, 11) is 0. The number of carbonyl (C=O) groups excluding carboxylic acids is 1. The summed E-state index contributed by atoms with van der Waals surface area (Å²) in [6, 6.07) is 3.53. The minimum Gasteiger partial charge on any atom is -0.468 e. The van der Waals surface area contributed by atoms with Crippen LogP contribution in [-0.4, -0.2) is 40.2 Å². The van der Waals surface area contributed by atoms with E-state index in [4.69, 9.17) is 9.47 Å². The van der Waals surface area contributed by atoms with E-state index in [9.17, 15) is 13.6 Å². The van der Waals surface area contributed by atoms with E-state index in [1.807, 2.05) is 0 Å². The molecule has 0 aliphatic carbocycles. The smallest absolute Gasteiger partial charge is 0.275 e. The van der Waals surface area contributed by atoms with Crippen LogP contribution in [0.25, 0.3) is 10.6 Å². The third-order valence-corrected chi connectivity index (χ3v) is 4.58. The summed E-state index contributed by atoms with van der Waals surface area (Å²) in [6.07, 6.45) is 2.56. The molecule has 1 fully saturated rings. The van der Waals surface area contributed by atoms with Crippen LogP contribution in [0.5, 0.6) is 5.88 Å². The molecule has 0 unspecified atom stereocenters. The number of hydrogen-bond donors (Lipinski definition) is 1. The van der Waals surface area contributed by atoms with Crippen LogP contribution in [0.4, 0.5) is 14.5 Å². The summed E-state index contributed by atoms with van der Waals surface area (Å²) >= 11 is 0.966. The van der Waals surface area contributed by atoms with Crippen molar-refractivity contribution in [1.29, 1.82) is 0 Å². The fourth-order valence-corrected chi connectivity index (χ4v) is 3.17. The lowest BCUT2D eigenvalue weighted by Crippen LogP contribution is -2.39. The van der Waals surface area contributed by atoms with E-state index in [0.717, 1.165) is 23.5 Å². The van der Waals surface area contributed by atoms with Crippen molar-refractivity contribution in [2.45, 2.75) is 6.10 Å². The van der Waals surface area contributed by atoms with E-state index >= 15 is 0 Å². The summed E-state index contributed by atoms with van der Waals surface area (Å²) in [5.41, 5.74) is 0.0130. The van der Waals surface area contributed by atoms with Gasteiger partial charge in [-0.25, -0.2) is 18.7 Å². The molecule has 7 nitrogen and oxygen atoms in total. The number of nitrogens with one attached hydrogen (secondary N) is 1. The predicted octanol–water partition coefficient (Wildman–Crippen LogP) is 2.91. The van der Waals surface area contributed by atoms with Gasteiger partial charge < -0.3 is 14.8 Å². The topological polar surface area (TPSA) is 86.2 Å². The van der Waals surface area contributed by atoms with Crippen LogP contribution >= 0.6 is 11.3 Å². The number of amides is 1. The van der Waals surface area contributed by atoms with E-state index < -0.39 is 17.5 Å². The number of hydrogen-bond acceptors (Lipinski definition) is 7. The van der Waals surface area contributed by atoms with Crippen molar-refractivity contribution in [1.82, 2.24) is 15.0 Å². The van der Waals surface area contributed by atoms with E-state index in [1.54, 1.807) is 0 Å². The van der Waals surface area contributed by atoms with Gasteiger partial charge in [-0.15, -0.1) is 11.3 Å². The predicted molar refractivity (Wildman–Crippen MR) is 92.7 cm³/mol. The third-order valence-electron chi connectivity index (χ3n) is 3.72. The van der Waals surface area contributed by atoms with Gasteiger partial charge in [0, 0.05) is 5.38 Å². The lowest BCUT2D eigenvalue weighted by atomic mass is 10.2. The van der Waals surface area contributed by atoms with Gasteiger partial charge in [-0.05, 0) is 12.1 Å². The van der Waals surface area contributed by atoms with Gasteiger partial charge in [0.15, 0.2) is 0 Å². The zero-order valence-corrected chi connectivity index (χ0v) is 14.5. The number of ether oxygens (including phenoxy) is 2. The van der Waals surface area contributed by atoms with Crippen LogP contribution in [-0.2, 0) is 4.74 Å². The molecule has 0 saturated carbocycles. The molecular formula is C17H12F2N4O3S. The average molecular weight is 390 g/mol. The maximum absolute atomic E-state index is 13.9. The summed E-state index contributed by atoms with van der Waals surface area (Å²) in [6.45, 7) is 0.891. The van der Waals surface area contributed by atoms with Crippen LogP contribution < -0.4 is 10.1 Å². The second-order valence-corrected chi connectivity index (χ2v) is 6.47.